The number of pyridine rings is 1. The van der Waals surface area contributed by atoms with E-state index >= 15 is 0 Å². The molecule has 7 heteroatoms. The van der Waals surface area contributed by atoms with Crippen molar-refractivity contribution >= 4 is 23.5 Å². The number of hydrogen-bond acceptors (Lipinski definition) is 4. The van der Waals surface area contributed by atoms with E-state index in [4.69, 9.17) is 0 Å². The van der Waals surface area contributed by atoms with Crippen molar-refractivity contribution in [3.05, 3.63) is 84.7 Å². The number of benzene rings is 2. The summed E-state index contributed by atoms with van der Waals surface area (Å²) in [6.07, 6.45) is 1.55. The van der Waals surface area contributed by atoms with Crippen LogP contribution in [0, 0.1) is 0 Å². The van der Waals surface area contributed by atoms with Crippen LogP contribution < -0.4 is 10.6 Å². The Kier molecular flexibility index (Phi) is 5.02. The molecule has 2 N–H and O–H groups in total. The second-order valence-electron chi connectivity index (χ2n) is 7.12. The van der Waals surface area contributed by atoms with Crippen LogP contribution in [0.1, 0.15) is 12.6 Å². The zero-order valence-electron chi connectivity index (χ0n) is 16.3. The van der Waals surface area contributed by atoms with Crippen molar-refractivity contribution in [2.45, 2.75) is 12.5 Å². The lowest BCUT2D eigenvalue weighted by Gasteiger charge is -2.20. The van der Waals surface area contributed by atoms with Crippen molar-refractivity contribution in [2.75, 3.05) is 11.9 Å². The molecule has 1 saturated heterocycles. The lowest BCUT2D eigenvalue weighted by Crippen LogP contribution is -2.42. The fourth-order valence-corrected chi connectivity index (χ4v) is 3.47. The Bertz CT molecular complexity index is 1100. The number of hydrogen-bond donors (Lipinski definition) is 2. The zero-order valence-corrected chi connectivity index (χ0v) is 16.3. The highest BCUT2D eigenvalue weighted by Crippen LogP contribution is 2.29. The van der Waals surface area contributed by atoms with Crippen LogP contribution in [0.4, 0.5) is 10.5 Å². The van der Waals surface area contributed by atoms with Crippen LogP contribution in [-0.2, 0) is 15.1 Å². The summed E-state index contributed by atoms with van der Waals surface area (Å²) in [5.74, 6) is -0.982. The van der Waals surface area contributed by atoms with Gasteiger partial charge in [-0.1, -0.05) is 54.6 Å². The smallest absolute Gasteiger partial charge is 0.324 e. The van der Waals surface area contributed by atoms with Crippen molar-refractivity contribution in [3.63, 3.8) is 0 Å². The lowest BCUT2D eigenvalue weighted by atomic mass is 9.97. The number of carbonyl (C=O) groups excluding carboxylic acids is 3. The molecule has 1 atom stereocenters. The van der Waals surface area contributed by atoms with Gasteiger partial charge >= 0.3 is 6.03 Å². The van der Waals surface area contributed by atoms with Crippen LogP contribution in [0.15, 0.2) is 79.0 Å². The Morgan fingerprint density at radius 2 is 1.70 bits per heavy atom. The van der Waals surface area contributed by atoms with E-state index in [0.29, 0.717) is 11.4 Å². The molecule has 4 rings (SSSR count). The van der Waals surface area contributed by atoms with E-state index in [1.54, 1.807) is 37.4 Å². The van der Waals surface area contributed by atoms with Gasteiger partial charge in [0.15, 0.2) is 5.54 Å². The Balaban J connectivity index is 1.52. The molecule has 4 amide bonds. The molecule has 150 valence electrons. The quantitative estimate of drug-likeness (QED) is 0.644. The number of urea groups is 1. The van der Waals surface area contributed by atoms with E-state index in [1.807, 2.05) is 48.5 Å². The Morgan fingerprint density at radius 3 is 2.43 bits per heavy atom. The van der Waals surface area contributed by atoms with E-state index in [0.717, 1.165) is 16.0 Å². The van der Waals surface area contributed by atoms with Crippen LogP contribution in [0.3, 0.4) is 0 Å². The summed E-state index contributed by atoms with van der Waals surface area (Å²) in [7, 11) is 0. The minimum Gasteiger partial charge on any atom is -0.324 e. The predicted octanol–water partition coefficient (Wildman–Crippen LogP) is 3.15. The number of imide groups is 1. The SMILES string of the molecule is CC1(c2ccccn2)NC(=O)N(CC(=O)Nc2ccccc2-c2ccccc2)C1=O. The third-order valence-corrected chi connectivity index (χ3v) is 5.04. The molecule has 1 aliphatic rings. The van der Waals surface area contributed by atoms with Crippen molar-refractivity contribution in [1.29, 1.82) is 0 Å². The summed E-state index contributed by atoms with van der Waals surface area (Å²) in [6, 6.07) is 21.5. The van der Waals surface area contributed by atoms with Crippen molar-refractivity contribution in [3.8, 4) is 11.1 Å². The molecule has 0 bridgehead atoms. The summed E-state index contributed by atoms with van der Waals surface area (Å²) >= 11 is 0. The van der Waals surface area contributed by atoms with E-state index < -0.39 is 29.9 Å². The molecule has 0 radical (unpaired) electrons. The molecule has 1 aromatic heterocycles. The van der Waals surface area contributed by atoms with Crippen LogP contribution >= 0.6 is 0 Å². The molecular formula is C23H20N4O3. The Hall–Kier alpha value is -4.00. The monoisotopic (exact) mass is 400 g/mol. The molecule has 1 unspecified atom stereocenters. The second-order valence-corrected chi connectivity index (χ2v) is 7.12. The van der Waals surface area contributed by atoms with Crippen LogP contribution in [0.2, 0.25) is 0 Å². The van der Waals surface area contributed by atoms with Gasteiger partial charge in [0.2, 0.25) is 5.91 Å². The van der Waals surface area contributed by atoms with Crippen LogP contribution in [0.5, 0.6) is 0 Å². The maximum atomic E-state index is 12.9. The van der Waals surface area contributed by atoms with Gasteiger partial charge in [-0.3, -0.25) is 19.5 Å². The van der Waals surface area contributed by atoms with E-state index in [1.165, 1.54) is 0 Å². The average Bonchev–Trinajstić information content (AvgIpc) is 2.99. The number of carbonyl (C=O) groups is 3. The van der Waals surface area contributed by atoms with Gasteiger partial charge in [-0.2, -0.15) is 0 Å². The Labute approximate surface area is 173 Å². The molecule has 0 saturated carbocycles. The third-order valence-electron chi connectivity index (χ3n) is 5.04. The molecule has 30 heavy (non-hydrogen) atoms. The summed E-state index contributed by atoms with van der Waals surface area (Å²) in [6.45, 7) is 1.19. The molecule has 1 aliphatic heterocycles. The van der Waals surface area contributed by atoms with E-state index in [-0.39, 0.29) is 0 Å². The van der Waals surface area contributed by atoms with Gasteiger partial charge < -0.3 is 10.6 Å². The van der Waals surface area contributed by atoms with Gasteiger partial charge in [0.25, 0.3) is 5.91 Å². The normalized spacial score (nSPS) is 18.2. The number of amides is 4. The van der Waals surface area contributed by atoms with Crippen LogP contribution in [0.25, 0.3) is 11.1 Å². The van der Waals surface area contributed by atoms with E-state index in [2.05, 4.69) is 15.6 Å². The van der Waals surface area contributed by atoms with Gasteiger partial charge in [-0.15, -0.1) is 0 Å². The molecule has 2 heterocycles. The second kappa shape index (κ2) is 7.79. The number of para-hydroxylation sites is 1. The molecule has 0 aliphatic carbocycles. The standard InChI is InChI=1S/C23H20N4O3/c1-23(19-13-7-8-14-24-19)21(29)27(22(30)26-23)15-20(28)25-18-12-6-5-11-17(18)16-9-3-2-4-10-16/h2-14H,15H2,1H3,(H,25,28)(H,26,30). The van der Waals surface area contributed by atoms with Crippen LogP contribution in [-0.4, -0.2) is 34.3 Å². The fourth-order valence-electron chi connectivity index (χ4n) is 3.47. The topological polar surface area (TPSA) is 91.4 Å². The highest BCUT2D eigenvalue weighted by molar-refractivity contribution is 6.10. The summed E-state index contributed by atoms with van der Waals surface area (Å²) in [5, 5.41) is 5.46. The highest BCUT2D eigenvalue weighted by atomic mass is 16.2. The van der Waals surface area contributed by atoms with Gasteiger partial charge in [-0.05, 0) is 30.7 Å². The maximum Gasteiger partial charge on any atom is 0.325 e. The third kappa shape index (κ3) is 3.53. The highest BCUT2D eigenvalue weighted by Gasteiger charge is 2.50. The van der Waals surface area contributed by atoms with Gasteiger partial charge in [0.05, 0.1) is 5.69 Å². The van der Waals surface area contributed by atoms with Gasteiger partial charge in [0.1, 0.15) is 6.54 Å². The summed E-state index contributed by atoms with van der Waals surface area (Å²) < 4.78 is 0. The van der Waals surface area contributed by atoms with Gasteiger partial charge in [0, 0.05) is 17.4 Å². The molecule has 1 fully saturated rings. The molecule has 0 spiro atoms. The summed E-state index contributed by atoms with van der Waals surface area (Å²) in [4.78, 5) is 43.2. The minimum absolute atomic E-state index is 0.393. The number of anilines is 1. The largest absolute Gasteiger partial charge is 0.325 e. The van der Waals surface area contributed by atoms with E-state index in [9.17, 15) is 14.4 Å². The van der Waals surface area contributed by atoms with Gasteiger partial charge in [-0.25, -0.2) is 4.79 Å². The van der Waals surface area contributed by atoms with Crippen molar-refractivity contribution < 1.29 is 14.4 Å². The molecule has 2 aromatic carbocycles. The predicted molar refractivity (Wildman–Crippen MR) is 112 cm³/mol. The Morgan fingerprint density at radius 1 is 1.00 bits per heavy atom. The first-order valence-corrected chi connectivity index (χ1v) is 9.49. The number of nitrogens with one attached hydrogen (secondary N) is 2. The summed E-state index contributed by atoms with van der Waals surface area (Å²) in [5.41, 5.74) is 1.52. The number of rotatable bonds is 5. The van der Waals surface area contributed by atoms with Crippen molar-refractivity contribution in [2.24, 2.45) is 0 Å². The molecular weight excluding hydrogens is 380 g/mol. The fraction of sp³-hybridized carbons (Fsp3) is 0.130. The molecule has 3 aromatic rings. The maximum absolute atomic E-state index is 12.9. The number of nitrogens with zero attached hydrogens (tertiary/aromatic N) is 2. The number of aromatic nitrogens is 1. The zero-order chi connectivity index (χ0) is 21.1. The minimum atomic E-state index is -1.30. The first kappa shape index (κ1) is 19.3. The lowest BCUT2D eigenvalue weighted by molar-refractivity contribution is -0.133. The first-order chi connectivity index (χ1) is 14.5. The molecule has 7 nitrogen and oxygen atoms in total. The average molecular weight is 400 g/mol. The first-order valence-electron chi connectivity index (χ1n) is 9.49. The van der Waals surface area contributed by atoms with Crippen molar-refractivity contribution in [1.82, 2.24) is 15.2 Å².